The summed E-state index contributed by atoms with van der Waals surface area (Å²) in [5.74, 6) is 0.430. The molecule has 8 heteroatoms. The Morgan fingerprint density at radius 1 is 1.42 bits per heavy atom. The van der Waals surface area contributed by atoms with Gasteiger partial charge in [0.25, 0.3) is 0 Å². The zero-order valence-corrected chi connectivity index (χ0v) is 11.4. The number of halogens is 1. The third kappa shape index (κ3) is 3.55. The predicted octanol–water partition coefficient (Wildman–Crippen LogP) is 2.94. The lowest BCUT2D eigenvalue weighted by Crippen LogP contribution is -2.07. The molecular formula is C11H11ClN4O2S. The largest absolute Gasteiger partial charge is 0.378 e. The van der Waals surface area contributed by atoms with Crippen LogP contribution in [0.2, 0.25) is 4.34 Å². The minimum atomic E-state index is -0.556. The quantitative estimate of drug-likeness (QED) is 0.654. The summed E-state index contributed by atoms with van der Waals surface area (Å²) in [6.45, 7) is 0.654. The number of pyridine rings is 1. The molecule has 0 aliphatic heterocycles. The van der Waals surface area contributed by atoms with Gasteiger partial charge in [0.05, 0.1) is 9.26 Å². The van der Waals surface area contributed by atoms with Crippen LogP contribution in [0.4, 0.5) is 17.3 Å². The molecule has 0 atom stereocenters. The Kier molecular flexibility index (Phi) is 4.18. The third-order valence-electron chi connectivity index (χ3n) is 2.41. The fraction of sp³-hybridized carbons (Fsp3) is 0.182. The van der Waals surface area contributed by atoms with Gasteiger partial charge in [-0.1, -0.05) is 11.6 Å². The molecule has 2 rings (SSSR count). The number of rotatable bonds is 5. The number of nitrogens with one attached hydrogen (secondary N) is 1. The first kappa shape index (κ1) is 13.6. The van der Waals surface area contributed by atoms with Crippen molar-refractivity contribution in [3.63, 3.8) is 0 Å². The highest BCUT2D eigenvalue weighted by atomic mass is 35.5. The Labute approximate surface area is 118 Å². The summed E-state index contributed by atoms with van der Waals surface area (Å²) in [6.07, 6.45) is 0.802. The summed E-state index contributed by atoms with van der Waals surface area (Å²) < 4.78 is 0.757. The van der Waals surface area contributed by atoms with Gasteiger partial charge in [0.1, 0.15) is 5.82 Å². The van der Waals surface area contributed by atoms with Crippen LogP contribution in [0.25, 0.3) is 0 Å². The molecule has 2 aromatic heterocycles. The van der Waals surface area contributed by atoms with Gasteiger partial charge in [0.2, 0.25) is 5.82 Å². The average molecular weight is 299 g/mol. The number of aromatic nitrogens is 1. The molecule has 0 unspecified atom stereocenters. The maximum atomic E-state index is 10.6. The molecule has 2 heterocycles. The van der Waals surface area contributed by atoms with Crippen molar-refractivity contribution in [2.75, 3.05) is 17.6 Å². The van der Waals surface area contributed by atoms with Crippen molar-refractivity contribution in [1.29, 1.82) is 0 Å². The summed E-state index contributed by atoms with van der Waals surface area (Å²) in [5, 5.41) is 13.6. The van der Waals surface area contributed by atoms with E-state index in [4.69, 9.17) is 17.3 Å². The van der Waals surface area contributed by atoms with E-state index in [1.54, 1.807) is 0 Å². The molecule has 0 amide bonds. The molecule has 0 spiro atoms. The molecule has 3 N–H and O–H groups in total. The van der Waals surface area contributed by atoms with Crippen LogP contribution in [0.15, 0.2) is 24.3 Å². The minimum absolute atomic E-state index is 0.0887. The van der Waals surface area contributed by atoms with Gasteiger partial charge in [-0.3, -0.25) is 10.1 Å². The van der Waals surface area contributed by atoms with Crippen molar-refractivity contribution in [2.24, 2.45) is 0 Å². The summed E-state index contributed by atoms with van der Waals surface area (Å²) >= 11 is 7.35. The van der Waals surface area contributed by atoms with Gasteiger partial charge in [-0.15, -0.1) is 11.3 Å². The second-order valence-corrected chi connectivity index (χ2v) is 5.54. The van der Waals surface area contributed by atoms with E-state index < -0.39 is 4.92 Å². The van der Waals surface area contributed by atoms with Gasteiger partial charge >= 0.3 is 5.69 Å². The number of nitro groups is 1. The Bertz CT molecular complexity index is 602. The van der Waals surface area contributed by atoms with Gasteiger partial charge in [-0.2, -0.15) is 0 Å². The lowest BCUT2D eigenvalue weighted by molar-refractivity contribution is -0.384. The van der Waals surface area contributed by atoms with E-state index in [9.17, 15) is 10.1 Å². The fourth-order valence-corrected chi connectivity index (χ4v) is 2.61. The van der Waals surface area contributed by atoms with Gasteiger partial charge in [0, 0.05) is 17.5 Å². The summed E-state index contributed by atoms with van der Waals surface area (Å²) in [7, 11) is 0. The van der Waals surface area contributed by atoms with Crippen LogP contribution in [0.3, 0.4) is 0 Å². The molecule has 0 fully saturated rings. The van der Waals surface area contributed by atoms with Crippen molar-refractivity contribution >= 4 is 40.3 Å². The number of hydrogen-bond donors (Lipinski definition) is 2. The van der Waals surface area contributed by atoms with Crippen LogP contribution in [0.1, 0.15) is 4.88 Å². The molecule has 2 aromatic rings. The number of nitrogen functional groups attached to an aromatic ring is 1. The number of anilines is 2. The summed E-state index contributed by atoms with van der Waals surface area (Å²) in [6, 6.07) is 6.69. The molecule has 0 aromatic carbocycles. The molecule has 0 bridgehead atoms. The minimum Gasteiger partial charge on any atom is -0.378 e. The summed E-state index contributed by atoms with van der Waals surface area (Å²) in [5.41, 5.74) is 5.32. The normalized spacial score (nSPS) is 10.4. The van der Waals surface area contributed by atoms with E-state index in [-0.39, 0.29) is 11.5 Å². The number of nitrogens with zero attached hydrogens (tertiary/aromatic N) is 2. The van der Waals surface area contributed by atoms with E-state index in [0.29, 0.717) is 12.4 Å². The lowest BCUT2D eigenvalue weighted by atomic mass is 10.3. The Balaban J connectivity index is 1.93. The molecule has 0 aliphatic rings. The van der Waals surface area contributed by atoms with E-state index in [2.05, 4.69) is 10.3 Å². The number of thiophene rings is 1. The van der Waals surface area contributed by atoms with E-state index in [1.807, 2.05) is 12.1 Å². The van der Waals surface area contributed by atoms with Crippen molar-refractivity contribution in [1.82, 2.24) is 4.98 Å². The van der Waals surface area contributed by atoms with Crippen molar-refractivity contribution in [3.8, 4) is 0 Å². The number of nitrogens with two attached hydrogens (primary N) is 1. The van der Waals surface area contributed by atoms with Crippen molar-refractivity contribution in [2.45, 2.75) is 6.42 Å². The zero-order chi connectivity index (χ0) is 13.8. The van der Waals surface area contributed by atoms with E-state index in [1.165, 1.54) is 23.5 Å². The van der Waals surface area contributed by atoms with Gasteiger partial charge in [-0.05, 0) is 24.6 Å². The van der Waals surface area contributed by atoms with E-state index in [0.717, 1.165) is 15.6 Å². The monoisotopic (exact) mass is 298 g/mol. The molecule has 100 valence electrons. The second kappa shape index (κ2) is 5.85. The van der Waals surface area contributed by atoms with Crippen LogP contribution < -0.4 is 11.1 Å². The molecule has 0 radical (unpaired) electrons. The molecular weight excluding hydrogens is 288 g/mol. The predicted molar refractivity (Wildman–Crippen MR) is 76.8 cm³/mol. The van der Waals surface area contributed by atoms with Crippen LogP contribution in [-0.2, 0) is 6.42 Å². The fourth-order valence-electron chi connectivity index (χ4n) is 1.52. The highest BCUT2D eigenvalue weighted by Crippen LogP contribution is 2.23. The molecule has 0 saturated carbocycles. The molecule has 6 nitrogen and oxygen atoms in total. The highest BCUT2D eigenvalue weighted by Gasteiger charge is 2.12. The first-order valence-electron chi connectivity index (χ1n) is 5.45. The molecule has 19 heavy (non-hydrogen) atoms. The van der Waals surface area contributed by atoms with Gasteiger partial charge in [-0.25, -0.2) is 4.98 Å². The van der Waals surface area contributed by atoms with E-state index >= 15 is 0 Å². The molecule has 0 aliphatic carbocycles. The number of hydrogen-bond acceptors (Lipinski definition) is 6. The Hall–Kier alpha value is -1.86. The van der Waals surface area contributed by atoms with Crippen molar-refractivity contribution in [3.05, 3.63) is 43.6 Å². The Morgan fingerprint density at radius 2 is 2.21 bits per heavy atom. The Morgan fingerprint density at radius 3 is 2.79 bits per heavy atom. The van der Waals surface area contributed by atoms with Crippen LogP contribution >= 0.6 is 22.9 Å². The lowest BCUT2D eigenvalue weighted by Gasteiger charge is -2.05. The van der Waals surface area contributed by atoms with Crippen molar-refractivity contribution < 1.29 is 4.92 Å². The van der Waals surface area contributed by atoms with Crippen LogP contribution in [-0.4, -0.2) is 16.5 Å². The van der Waals surface area contributed by atoms with Gasteiger partial charge < -0.3 is 11.1 Å². The second-order valence-electron chi connectivity index (χ2n) is 3.74. The maximum absolute atomic E-state index is 10.6. The van der Waals surface area contributed by atoms with Crippen LogP contribution in [0, 0.1) is 10.1 Å². The zero-order valence-electron chi connectivity index (χ0n) is 9.80. The first-order chi connectivity index (χ1) is 9.06. The summed E-state index contributed by atoms with van der Waals surface area (Å²) in [4.78, 5) is 15.1. The average Bonchev–Trinajstić information content (AvgIpc) is 2.75. The standard InChI is InChI=1S/C11H11ClN4O2S/c12-9-3-1-7(19-9)5-6-14-10-4-2-8(16(17)18)11(13)15-10/h1-4H,5-6H2,(H3,13,14,15). The molecule has 0 saturated heterocycles. The maximum Gasteiger partial charge on any atom is 0.311 e. The highest BCUT2D eigenvalue weighted by molar-refractivity contribution is 7.16. The SMILES string of the molecule is Nc1nc(NCCc2ccc(Cl)s2)ccc1[N+](=O)[O-]. The smallest absolute Gasteiger partial charge is 0.311 e. The van der Waals surface area contributed by atoms with Gasteiger partial charge in [0.15, 0.2) is 0 Å². The topological polar surface area (TPSA) is 94.1 Å². The third-order valence-corrected chi connectivity index (χ3v) is 3.70. The first-order valence-corrected chi connectivity index (χ1v) is 6.64. The van der Waals surface area contributed by atoms with Crippen LogP contribution in [0.5, 0.6) is 0 Å².